The number of carbonyl (C=O) groups is 2. The molecule has 1 aromatic heterocycles. The van der Waals surface area contributed by atoms with Crippen LogP contribution in [-0.2, 0) is 22.5 Å². The Balaban J connectivity index is 1.86. The second-order valence-electron chi connectivity index (χ2n) is 8.80. The van der Waals surface area contributed by atoms with Crippen LogP contribution in [0, 0.1) is 0 Å². The summed E-state index contributed by atoms with van der Waals surface area (Å²) in [5.41, 5.74) is 1.38. The molecule has 1 saturated heterocycles. The highest BCUT2D eigenvalue weighted by molar-refractivity contribution is 5.71. The lowest BCUT2D eigenvalue weighted by Gasteiger charge is -2.37. The van der Waals surface area contributed by atoms with Gasteiger partial charge in [0.1, 0.15) is 11.9 Å². The smallest absolute Gasteiger partial charge is 0.414 e. The number of ether oxygens (including phenoxy) is 1. The zero-order chi connectivity index (χ0) is 23.3. The molecule has 0 atom stereocenters. The molecular weight excluding hydrogens is 408 g/mol. The highest BCUT2D eigenvalue weighted by Gasteiger charge is 2.30. The molecule has 0 radical (unpaired) electrons. The van der Waals surface area contributed by atoms with Crippen LogP contribution in [0.3, 0.4) is 0 Å². The van der Waals surface area contributed by atoms with Crippen LogP contribution in [-0.4, -0.2) is 52.1 Å². The van der Waals surface area contributed by atoms with Gasteiger partial charge >= 0.3 is 6.09 Å². The molecule has 0 saturated carbocycles. The summed E-state index contributed by atoms with van der Waals surface area (Å²) >= 11 is 0. The lowest BCUT2D eigenvalue weighted by molar-refractivity contribution is -0.107. The van der Waals surface area contributed by atoms with E-state index in [2.05, 4.69) is 11.6 Å². The summed E-state index contributed by atoms with van der Waals surface area (Å²) in [6.45, 7) is 10.9. The highest BCUT2D eigenvalue weighted by atomic mass is 16.6. The molecule has 0 aliphatic carbocycles. The van der Waals surface area contributed by atoms with Gasteiger partial charge in [0.15, 0.2) is 5.82 Å². The number of hydrogen-bond donors (Lipinski definition) is 0. The molecule has 3 rings (SSSR count). The number of aldehydes is 1. The fraction of sp³-hybridized carbons (Fsp3) is 0.417. The second kappa shape index (κ2) is 9.80. The third-order valence-corrected chi connectivity index (χ3v) is 4.98. The molecule has 2 aromatic rings. The van der Waals surface area contributed by atoms with Crippen LogP contribution < -0.4 is 10.5 Å². The minimum atomic E-state index is -0.603. The Hall–Kier alpha value is -3.42. The number of amides is 1. The van der Waals surface area contributed by atoms with Gasteiger partial charge in [0, 0.05) is 31.4 Å². The van der Waals surface area contributed by atoms with E-state index in [1.54, 1.807) is 10.8 Å². The first-order valence-electron chi connectivity index (χ1n) is 10.7. The molecule has 1 aliphatic heterocycles. The SMILES string of the molecule is C=C1CN(c2nc(CCC=O)cn(Cc3ccccc3)c2=O)CCN1C(=O)OC(C)(C)C. The van der Waals surface area contributed by atoms with Gasteiger partial charge in [0.25, 0.3) is 5.56 Å². The average Bonchev–Trinajstić information content (AvgIpc) is 2.73. The zero-order valence-corrected chi connectivity index (χ0v) is 18.9. The van der Waals surface area contributed by atoms with Crippen LogP contribution in [0.2, 0.25) is 0 Å². The van der Waals surface area contributed by atoms with Crippen molar-refractivity contribution in [2.45, 2.75) is 45.8 Å². The number of anilines is 1. The van der Waals surface area contributed by atoms with Crippen LogP contribution in [0.25, 0.3) is 0 Å². The molecular formula is C24H30N4O4. The third-order valence-electron chi connectivity index (χ3n) is 4.98. The summed E-state index contributed by atoms with van der Waals surface area (Å²) in [4.78, 5) is 44.5. The standard InChI is InChI=1S/C24H30N4O4/c1-18-15-26(12-13-28(18)23(31)32-24(2,3)4)21-22(30)27(16-19-9-6-5-7-10-19)17-20(25-21)11-8-14-29/h5-7,9-10,14,17H,1,8,11-13,15-16H2,2-4H3. The van der Waals surface area contributed by atoms with E-state index in [1.165, 1.54) is 4.90 Å². The maximum atomic E-state index is 13.3. The molecule has 0 N–H and O–H groups in total. The van der Waals surface area contributed by atoms with Crippen LogP contribution >= 0.6 is 0 Å². The first-order valence-corrected chi connectivity index (χ1v) is 10.7. The van der Waals surface area contributed by atoms with Gasteiger partial charge in [0.05, 0.1) is 18.8 Å². The van der Waals surface area contributed by atoms with Gasteiger partial charge in [0.2, 0.25) is 0 Å². The summed E-state index contributed by atoms with van der Waals surface area (Å²) in [7, 11) is 0. The van der Waals surface area contributed by atoms with Crippen molar-refractivity contribution < 1.29 is 14.3 Å². The van der Waals surface area contributed by atoms with Crippen molar-refractivity contribution in [1.29, 1.82) is 0 Å². The largest absolute Gasteiger partial charge is 0.443 e. The molecule has 32 heavy (non-hydrogen) atoms. The van der Waals surface area contributed by atoms with Crippen LogP contribution in [0.5, 0.6) is 0 Å². The number of rotatable bonds is 6. The fourth-order valence-corrected chi connectivity index (χ4v) is 3.49. The Labute approximate surface area is 188 Å². The van der Waals surface area contributed by atoms with E-state index in [0.717, 1.165) is 11.8 Å². The van der Waals surface area contributed by atoms with E-state index < -0.39 is 11.7 Å². The summed E-state index contributed by atoms with van der Waals surface area (Å²) < 4.78 is 7.08. The van der Waals surface area contributed by atoms with Gasteiger partial charge in [-0.05, 0) is 32.8 Å². The summed E-state index contributed by atoms with van der Waals surface area (Å²) in [6.07, 6.45) is 2.89. The number of hydrogen-bond acceptors (Lipinski definition) is 6. The number of aryl methyl sites for hydroxylation is 1. The van der Waals surface area contributed by atoms with Gasteiger partial charge in [-0.2, -0.15) is 0 Å². The van der Waals surface area contributed by atoms with Crippen molar-refractivity contribution in [3.05, 3.63) is 70.4 Å². The molecule has 1 aliphatic rings. The molecule has 1 aromatic carbocycles. The molecule has 0 bridgehead atoms. The van der Waals surface area contributed by atoms with Crippen molar-refractivity contribution >= 4 is 18.2 Å². The van der Waals surface area contributed by atoms with Crippen LogP contribution in [0.15, 0.2) is 53.6 Å². The van der Waals surface area contributed by atoms with Gasteiger partial charge in [-0.15, -0.1) is 0 Å². The second-order valence-corrected chi connectivity index (χ2v) is 8.80. The molecule has 8 nitrogen and oxygen atoms in total. The minimum Gasteiger partial charge on any atom is -0.443 e. The van der Waals surface area contributed by atoms with Gasteiger partial charge < -0.3 is 19.0 Å². The minimum absolute atomic E-state index is 0.220. The molecule has 0 unspecified atom stereocenters. The maximum absolute atomic E-state index is 13.3. The highest BCUT2D eigenvalue weighted by Crippen LogP contribution is 2.20. The average molecular weight is 439 g/mol. The van der Waals surface area contributed by atoms with E-state index in [0.29, 0.717) is 49.7 Å². The lowest BCUT2D eigenvalue weighted by atomic mass is 10.2. The van der Waals surface area contributed by atoms with Gasteiger partial charge in [-0.3, -0.25) is 9.69 Å². The number of piperazine rings is 1. The van der Waals surface area contributed by atoms with E-state index in [9.17, 15) is 14.4 Å². The Morgan fingerprint density at radius 3 is 2.56 bits per heavy atom. The van der Waals surface area contributed by atoms with E-state index in [-0.39, 0.29) is 12.1 Å². The topological polar surface area (TPSA) is 84.7 Å². The molecule has 8 heteroatoms. The third kappa shape index (κ3) is 5.84. The fourth-order valence-electron chi connectivity index (χ4n) is 3.49. The normalized spacial score (nSPS) is 14.4. The molecule has 2 heterocycles. The quantitative estimate of drug-likeness (QED) is 0.645. The first-order chi connectivity index (χ1) is 15.2. The van der Waals surface area contributed by atoms with Crippen molar-refractivity contribution in [2.75, 3.05) is 24.5 Å². The Kier molecular flexibility index (Phi) is 7.12. The number of carbonyl (C=O) groups excluding carboxylic acids is 2. The number of aromatic nitrogens is 2. The van der Waals surface area contributed by atoms with Crippen molar-refractivity contribution in [3.8, 4) is 0 Å². The van der Waals surface area contributed by atoms with Crippen LogP contribution in [0.4, 0.5) is 10.6 Å². The van der Waals surface area contributed by atoms with Gasteiger partial charge in [-0.25, -0.2) is 9.78 Å². The number of nitrogens with zero attached hydrogens (tertiary/aromatic N) is 4. The van der Waals surface area contributed by atoms with Gasteiger partial charge in [-0.1, -0.05) is 36.9 Å². The predicted octanol–water partition coefficient (Wildman–Crippen LogP) is 2.99. The molecule has 1 fully saturated rings. The number of benzene rings is 1. The molecule has 1 amide bonds. The molecule has 0 spiro atoms. The zero-order valence-electron chi connectivity index (χ0n) is 18.9. The molecule has 170 valence electrons. The first kappa shape index (κ1) is 23.2. The van der Waals surface area contributed by atoms with Crippen molar-refractivity contribution in [3.63, 3.8) is 0 Å². The summed E-state index contributed by atoms with van der Waals surface area (Å²) in [5, 5.41) is 0. The van der Waals surface area contributed by atoms with E-state index >= 15 is 0 Å². The summed E-state index contributed by atoms with van der Waals surface area (Å²) in [6, 6.07) is 9.69. The Morgan fingerprint density at radius 1 is 1.22 bits per heavy atom. The monoisotopic (exact) mass is 438 g/mol. The lowest BCUT2D eigenvalue weighted by Crippen LogP contribution is -2.50. The maximum Gasteiger partial charge on any atom is 0.414 e. The van der Waals surface area contributed by atoms with E-state index in [1.807, 2.05) is 56.0 Å². The summed E-state index contributed by atoms with van der Waals surface area (Å²) in [5.74, 6) is 0.300. The van der Waals surface area contributed by atoms with Crippen LogP contribution in [0.1, 0.15) is 38.4 Å². The van der Waals surface area contributed by atoms with Crippen molar-refractivity contribution in [2.24, 2.45) is 0 Å². The Bertz CT molecular complexity index is 1040. The van der Waals surface area contributed by atoms with Crippen molar-refractivity contribution in [1.82, 2.24) is 14.5 Å². The Morgan fingerprint density at radius 2 is 1.94 bits per heavy atom. The predicted molar refractivity (Wildman–Crippen MR) is 123 cm³/mol. The van der Waals surface area contributed by atoms with E-state index in [4.69, 9.17) is 4.74 Å².